The van der Waals surface area contributed by atoms with Crippen LogP contribution in [0.5, 0.6) is 5.75 Å². The average Bonchev–Trinajstić information content (AvgIpc) is 2.47. The monoisotopic (exact) mass is 294 g/mol. The number of hydrogen-bond acceptors (Lipinski definition) is 1. The average molecular weight is 294 g/mol. The Morgan fingerprint density at radius 1 is 0.952 bits per heavy atom. The first-order valence-corrected chi connectivity index (χ1v) is 6.00. The lowest BCUT2D eigenvalue weighted by Crippen LogP contribution is -2.01. The van der Waals surface area contributed by atoms with Crippen LogP contribution in [0.15, 0.2) is 42.5 Å². The fourth-order valence-corrected chi connectivity index (χ4v) is 1.62. The Balaban J connectivity index is 2.15. The van der Waals surface area contributed by atoms with E-state index in [0.29, 0.717) is 11.1 Å². The van der Waals surface area contributed by atoms with Gasteiger partial charge in [-0.25, -0.2) is 8.78 Å². The molecule has 0 N–H and O–H groups in total. The second-order valence-corrected chi connectivity index (χ2v) is 4.09. The molecular weight excluding hydrogens is 284 g/mol. The van der Waals surface area contributed by atoms with Crippen LogP contribution < -0.4 is 4.74 Å². The molecule has 0 aliphatic heterocycles. The van der Waals surface area contributed by atoms with Gasteiger partial charge in [-0.2, -0.15) is 8.78 Å². The zero-order valence-corrected chi connectivity index (χ0v) is 10.7. The summed E-state index contributed by atoms with van der Waals surface area (Å²) >= 11 is 0. The number of alkyl halides is 3. The van der Waals surface area contributed by atoms with Gasteiger partial charge >= 0.3 is 6.61 Å². The molecule has 0 radical (unpaired) electrons. The van der Waals surface area contributed by atoms with Crippen LogP contribution in [0.3, 0.4) is 0 Å². The van der Waals surface area contributed by atoms with E-state index in [9.17, 15) is 17.6 Å². The van der Waals surface area contributed by atoms with Crippen molar-refractivity contribution in [2.75, 3.05) is 0 Å². The second-order valence-electron chi connectivity index (χ2n) is 4.09. The molecule has 0 saturated carbocycles. The Morgan fingerprint density at radius 2 is 1.57 bits per heavy atom. The highest BCUT2D eigenvalue weighted by Gasteiger charge is 2.03. The largest absolute Gasteiger partial charge is 0.435 e. The number of benzene rings is 2. The molecule has 0 bridgehead atoms. The minimum atomic E-state index is -2.87. The summed E-state index contributed by atoms with van der Waals surface area (Å²) in [7, 11) is 0. The smallest absolute Gasteiger partial charge is 0.387 e. The van der Waals surface area contributed by atoms with Crippen molar-refractivity contribution in [3.63, 3.8) is 0 Å². The first kappa shape index (κ1) is 14.9. The number of hydrogen-bond donors (Lipinski definition) is 0. The number of ether oxygens (including phenoxy) is 1. The molecular formula is C16H10F4O. The minimum Gasteiger partial charge on any atom is -0.435 e. The molecule has 0 saturated heterocycles. The third-order valence-electron chi connectivity index (χ3n) is 2.62. The quantitative estimate of drug-likeness (QED) is 0.606. The molecule has 2 aromatic carbocycles. The fraction of sp³-hybridized carbons (Fsp3) is 0.125. The van der Waals surface area contributed by atoms with Crippen molar-refractivity contribution >= 4 is 0 Å². The molecule has 0 atom stereocenters. The molecule has 0 fully saturated rings. The molecule has 0 amide bonds. The highest BCUT2D eigenvalue weighted by molar-refractivity contribution is 5.45. The van der Waals surface area contributed by atoms with E-state index < -0.39 is 19.1 Å². The normalized spacial score (nSPS) is 10.1. The van der Waals surface area contributed by atoms with E-state index in [1.807, 2.05) is 0 Å². The van der Waals surface area contributed by atoms with Gasteiger partial charge in [0.15, 0.2) is 0 Å². The summed E-state index contributed by atoms with van der Waals surface area (Å²) in [6.07, 6.45) is 0. The van der Waals surface area contributed by atoms with E-state index in [-0.39, 0.29) is 11.3 Å². The predicted octanol–water partition coefficient (Wildman–Crippen LogP) is 4.30. The van der Waals surface area contributed by atoms with Gasteiger partial charge < -0.3 is 4.74 Å². The van der Waals surface area contributed by atoms with Crippen LogP contribution in [0.25, 0.3) is 0 Å². The summed E-state index contributed by atoms with van der Waals surface area (Å²) in [6, 6.07) is 9.70. The van der Waals surface area contributed by atoms with Crippen molar-refractivity contribution in [3.05, 3.63) is 65.0 Å². The van der Waals surface area contributed by atoms with E-state index in [0.717, 1.165) is 6.07 Å². The maximum absolute atomic E-state index is 13.1. The van der Waals surface area contributed by atoms with Crippen LogP contribution in [0.4, 0.5) is 17.6 Å². The SMILES string of the molecule is FCc1cc(C#Cc2ccc(OC(F)F)cc2)ccc1F. The Labute approximate surface area is 119 Å². The van der Waals surface area contributed by atoms with Crippen molar-refractivity contribution < 1.29 is 22.3 Å². The zero-order chi connectivity index (χ0) is 15.2. The van der Waals surface area contributed by atoms with E-state index in [4.69, 9.17) is 0 Å². The van der Waals surface area contributed by atoms with Gasteiger partial charge in [0.05, 0.1) is 0 Å². The maximum Gasteiger partial charge on any atom is 0.387 e. The van der Waals surface area contributed by atoms with Crippen molar-refractivity contribution in [1.82, 2.24) is 0 Å². The molecule has 21 heavy (non-hydrogen) atoms. The van der Waals surface area contributed by atoms with Gasteiger partial charge in [0.2, 0.25) is 0 Å². The molecule has 0 aliphatic rings. The van der Waals surface area contributed by atoms with Gasteiger partial charge in [-0.05, 0) is 42.5 Å². The van der Waals surface area contributed by atoms with Gasteiger partial charge in [-0.1, -0.05) is 11.8 Å². The van der Waals surface area contributed by atoms with Gasteiger partial charge in [0.25, 0.3) is 0 Å². The summed E-state index contributed by atoms with van der Waals surface area (Å²) in [5, 5.41) is 0. The molecule has 0 spiro atoms. The van der Waals surface area contributed by atoms with Crippen LogP contribution in [0, 0.1) is 17.7 Å². The molecule has 1 nitrogen and oxygen atoms in total. The first-order valence-electron chi connectivity index (χ1n) is 6.00. The Morgan fingerprint density at radius 3 is 2.19 bits per heavy atom. The summed E-state index contributed by atoms with van der Waals surface area (Å²) in [5.41, 5.74) is 0.988. The van der Waals surface area contributed by atoms with Crippen molar-refractivity contribution in [3.8, 4) is 17.6 Å². The Bertz CT molecular complexity index is 669. The minimum absolute atomic E-state index is 0.0389. The second kappa shape index (κ2) is 6.80. The summed E-state index contributed by atoms with van der Waals surface area (Å²) < 4.78 is 53.8. The topological polar surface area (TPSA) is 9.23 Å². The maximum atomic E-state index is 13.1. The van der Waals surface area contributed by atoms with Crippen LogP contribution in [0.2, 0.25) is 0 Å². The Hall–Kier alpha value is -2.48. The lowest BCUT2D eigenvalue weighted by Gasteiger charge is -2.03. The molecule has 0 heterocycles. The van der Waals surface area contributed by atoms with Gasteiger partial charge in [0, 0.05) is 16.7 Å². The predicted molar refractivity (Wildman–Crippen MR) is 70.3 cm³/mol. The molecule has 5 heteroatoms. The van der Waals surface area contributed by atoms with Crippen molar-refractivity contribution in [2.24, 2.45) is 0 Å². The Kier molecular flexibility index (Phi) is 4.83. The molecule has 2 aromatic rings. The third-order valence-corrected chi connectivity index (χ3v) is 2.62. The number of halogens is 4. The van der Waals surface area contributed by atoms with E-state index >= 15 is 0 Å². The molecule has 0 aromatic heterocycles. The fourth-order valence-electron chi connectivity index (χ4n) is 1.62. The van der Waals surface area contributed by atoms with Crippen LogP contribution in [-0.4, -0.2) is 6.61 Å². The third kappa shape index (κ3) is 4.25. The van der Waals surface area contributed by atoms with Crippen LogP contribution in [-0.2, 0) is 6.67 Å². The highest BCUT2D eigenvalue weighted by atomic mass is 19.3. The first-order chi connectivity index (χ1) is 10.1. The summed E-state index contributed by atoms with van der Waals surface area (Å²) in [6.45, 7) is -3.78. The van der Waals surface area contributed by atoms with E-state index in [1.54, 1.807) is 0 Å². The molecule has 0 aliphatic carbocycles. The van der Waals surface area contributed by atoms with E-state index in [1.165, 1.54) is 36.4 Å². The van der Waals surface area contributed by atoms with Gasteiger partial charge in [-0.15, -0.1) is 0 Å². The lowest BCUT2D eigenvalue weighted by molar-refractivity contribution is -0.0498. The van der Waals surface area contributed by atoms with Crippen molar-refractivity contribution in [1.29, 1.82) is 0 Å². The standard InChI is InChI=1S/C16H10F4O/c17-10-13-9-12(5-8-15(13)18)2-1-11-3-6-14(7-4-11)21-16(19)20/h3-9,16H,10H2. The van der Waals surface area contributed by atoms with E-state index in [2.05, 4.69) is 16.6 Å². The summed E-state index contributed by atoms with van der Waals surface area (Å²) in [5.74, 6) is 4.95. The highest BCUT2D eigenvalue weighted by Crippen LogP contribution is 2.15. The number of rotatable bonds is 3. The van der Waals surface area contributed by atoms with Crippen LogP contribution >= 0.6 is 0 Å². The van der Waals surface area contributed by atoms with Gasteiger partial charge in [0.1, 0.15) is 18.2 Å². The van der Waals surface area contributed by atoms with Crippen molar-refractivity contribution in [2.45, 2.75) is 13.3 Å². The molecule has 108 valence electrons. The van der Waals surface area contributed by atoms with Crippen LogP contribution in [0.1, 0.15) is 16.7 Å². The molecule has 2 rings (SSSR count). The zero-order valence-electron chi connectivity index (χ0n) is 10.7. The summed E-state index contributed by atoms with van der Waals surface area (Å²) in [4.78, 5) is 0. The lowest BCUT2D eigenvalue weighted by atomic mass is 10.1. The molecule has 0 unspecified atom stereocenters. The van der Waals surface area contributed by atoms with Gasteiger partial charge in [-0.3, -0.25) is 0 Å².